The lowest BCUT2D eigenvalue weighted by Gasteiger charge is -2.35. The van der Waals surface area contributed by atoms with Gasteiger partial charge in [0.25, 0.3) is 0 Å². The van der Waals surface area contributed by atoms with E-state index < -0.39 is 0 Å². The van der Waals surface area contributed by atoms with Gasteiger partial charge in [-0.3, -0.25) is 0 Å². The predicted molar refractivity (Wildman–Crippen MR) is 35.1 cm³/mol. The molecule has 2 aliphatic rings. The van der Waals surface area contributed by atoms with E-state index in [1.165, 1.54) is 6.54 Å². The van der Waals surface area contributed by atoms with Crippen LogP contribution in [0, 0.1) is 11.8 Å². The maximum atomic E-state index is 9.21. The SMILES string of the molecule is CN1C[C@H]2C[C@@H](O)[C@H]2C1. The molecular weight excluding hydrogens is 114 g/mol. The van der Waals surface area contributed by atoms with Gasteiger partial charge in [0.15, 0.2) is 0 Å². The van der Waals surface area contributed by atoms with Crippen LogP contribution in [0.1, 0.15) is 6.42 Å². The summed E-state index contributed by atoms with van der Waals surface area (Å²) in [6.45, 7) is 2.33. The van der Waals surface area contributed by atoms with Crippen LogP contribution in [-0.2, 0) is 0 Å². The Bertz CT molecular complexity index is 126. The second-order valence-electron chi connectivity index (χ2n) is 3.45. The van der Waals surface area contributed by atoms with Crippen LogP contribution in [0.5, 0.6) is 0 Å². The first-order valence-corrected chi connectivity index (χ1v) is 3.64. The molecule has 1 saturated heterocycles. The fourth-order valence-corrected chi connectivity index (χ4v) is 2.09. The van der Waals surface area contributed by atoms with Gasteiger partial charge >= 0.3 is 0 Å². The van der Waals surface area contributed by atoms with Crippen LogP contribution in [0.4, 0.5) is 0 Å². The Kier molecular flexibility index (Phi) is 1.08. The zero-order valence-corrected chi connectivity index (χ0v) is 5.75. The molecule has 2 fully saturated rings. The Morgan fingerprint density at radius 3 is 2.67 bits per heavy atom. The van der Waals surface area contributed by atoms with Gasteiger partial charge in [-0.05, 0) is 19.4 Å². The van der Waals surface area contributed by atoms with E-state index >= 15 is 0 Å². The summed E-state index contributed by atoms with van der Waals surface area (Å²) in [6, 6.07) is 0. The first-order chi connectivity index (χ1) is 4.27. The molecule has 52 valence electrons. The van der Waals surface area contributed by atoms with Crippen molar-refractivity contribution < 1.29 is 5.11 Å². The highest BCUT2D eigenvalue weighted by molar-refractivity contribution is 4.96. The Hall–Kier alpha value is -0.0800. The predicted octanol–water partition coefficient (Wildman–Crippen LogP) is -0.0712. The second kappa shape index (κ2) is 1.70. The summed E-state index contributed by atoms with van der Waals surface area (Å²) < 4.78 is 0. The lowest BCUT2D eigenvalue weighted by atomic mass is 9.74. The van der Waals surface area contributed by atoms with Crippen LogP contribution in [0.3, 0.4) is 0 Å². The van der Waals surface area contributed by atoms with E-state index in [-0.39, 0.29) is 6.10 Å². The van der Waals surface area contributed by atoms with Crippen LogP contribution in [0.15, 0.2) is 0 Å². The van der Waals surface area contributed by atoms with E-state index in [9.17, 15) is 5.11 Å². The molecule has 0 amide bonds. The normalized spacial score (nSPS) is 50.7. The van der Waals surface area contributed by atoms with Crippen LogP contribution < -0.4 is 0 Å². The van der Waals surface area contributed by atoms with E-state index in [2.05, 4.69) is 11.9 Å². The average molecular weight is 127 g/mol. The van der Waals surface area contributed by atoms with Gasteiger partial charge in [0.2, 0.25) is 0 Å². The van der Waals surface area contributed by atoms with Gasteiger partial charge in [-0.2, -0.15) is 0 Å². The van der Waals surface area contributed by atoms with E-state index in [1.54, 1.807) is 0 Å². The molecule has 1 saturated carbocycles. The van der Waals surface area contributed by atoms with E-state index in [0.29, 0.717) is 5.92 Å². The molecular formula is C7H13NO. The van der Waals surface area contributed by atoms with E-state index in [4.69, 9.17) is 0 Å². The molecule has 2 nitrogen and oxygen atoms in total. The number of likely N-dealkylation sites (tertiary alicyclic amines) is 1. The monoisotopic (exact) mass is 127 g/mol. The molecule has 1 aliphatic carbocycles. The molecule has 1 heterocycles. The summed E-state index contributed by atoms with van der Waals surface area (Å²) in [6.07, 6.45) is 1.08. The zero-order valence-electron chi connectivity index (χ0n) is 5.75. The molecule has 0 aromatic carbocycles. The fourth-order valence-electron chi connectivity index (χ4n) is 2.09. The van der Waals surface area contributed by atoms with Crippen LogP contribution >= 0.6 is 0 Å². The van der Waals surface area contributed by atoms with Gasteiger partial charge in [-0.25, -0.2) is 0 Å². The minimum atomic E-state index is 0.0277. The molecule has 0 aromatic rings. The largest absolute Gasteiger partial charge is 0.393 e. The van der Waals surface area contributed by atoms with Gasteiger partial charge in [0, 0.05) is 19.0 Å². The van der Waals surface area contributed by atoms with Crippen molar-refractivity contribution in [2.24, 2.45) is 11.8 Å². The minimum Gasteiger partial charge on any atom is -0.393 e. The average Bonchev–Trinajstić information content (AvgIpc) is 2.08. The van der Waals surface area contributed by atoms with Gasteiger partial charge in [-0.1, -0.05) is 0 Å². The van der Waals surface area contributed by atoms with Gasteiger partial charge in [-0.15, -0.1) is 0 Å². The molecule has 2 rings (SSSR count). The Balaban J connectivity index is 2.00. The number of nitrogens with zero attached hydrogens (tertiary/aromatic N) is 1. The molecule has 9 heavy (non-hydrogen) atoms. The number of fused-ring (bicyclic) bond motifs is 1. The molecule has 0 spiro atoms. The van der Waals surface area contributed by atoms with Crippen LogP contribution in [0.2, 0.25) is 0 Å². The maximum Gasteiger partial charge on any atom is 0.0587 e. The highest BCUT2D eigenvalue weighted by Crippen LogP contribution is 2.39. The summed E-state index contributed by atoms with van der Waals surface area (Å²) in [5.74, 6) is 1.44. The van der Waals surface area contributed by atoms with Crippen molar-refractivity contribution in [1.82, 2.24) is 4.90 Å². The molecule has 0 bridgehead atoms. The molecule has 0 radical (unpaired) electrons. The molecule has 3 atom stereocenters. The molecule has 0 aromatic heterocycles. The summed E-state index contributed by atoms with van der Waals surface area (Å²) >= 11 is 0. The van der Waals surface area contributed by atoms with Gasteiger partial charge in [0.1, 0.15) is 0 Å². The molecule has 1 N–H and O–H groups in total. The second-order valence-corrected chi connectivity index (χ2v) is 3.45. The number of hydrogen-bond acceptors (Lipinski definition) is 2. The standard InChI is InChI=1S/C7H13NO/c1-8-3-5-2-7(9)6(5)4-8/h5-7,9H,2-4H2,1H3/t5-,6+,7-/m1/s1. The smallest absolute Gasteiger partial charge is 0.0587 e. The van der Waals surface area contributed by atoms with Crippen molar-refractivity contribution in [3.63, 3.8) is 0 Å². The number of rotatable bonds is 0. The zero-order chi connectivity index (χ0) is 6.43. The fraction of sp³-hybridized carbons (Fsp3) is 1.00. The molecule has 0 unspecified atom stereocenters. The van der Waals surface area contributed by atoms with Crippen molar-refractivity contribution >= 4 is 0 Å². The van der Waals surface area contributed by atoms with Crippen molar-refractivity contribution in [2.75, 3.05) is 20.1 Å². The Labute approximate surface area is 55.5 Å². The van der Waals surface area contributed by atoms with Crippen molar-refractivity contribution in [3.05, 3.63) is 0 Å². The third-order valence-corrected chi connectivity index (χ3v) is 2.71. The first-order valence-electron chi connectivity index (χ1n) is 3.64. The Morgan fingerprint density at radius 2 is 2.22 bits per heavy atom. The number of hydrogen-bond donors (Lipinski definition) is 1. The maximum absolute atomic E-state index is 9.21. The molecule has 1 aliphatic heterocycles. The quantitative estimate of drug-likeness (QED) is 0.492. The number of aliphatic hydroxyl groups is 1. The van der Waals surface area contributed by atoms with Crippen molar-refractivity contribution in [3.8, 4) is 0 Å². The van der Waals surface area contributed by atoms with Crippen molar-refractivity contribution in [1.29, 1.82) is 0 Å². The third kappa shape index (κ3) is 0.700. The lowest BCUT2D eigenvalue weighted by molar-refractivity contribution is -0.00427. The summed E-state index contributed by atoms with van der Waals surface area (Å²) in [5.41, 5.74) is 0. The highest BCUT2D eigenvalue weighted by Gasteiger charge is 2.44. The summed E-state index contributed by atoms with van der Waals surface area (Å²) in [7, 11) is 2.13. The van der Waals surface area contributed by atoms with Gasteiger partial charge < -0.3 is 10.0 Å². The Morgan fingerprint density at radius 1 is 1.44 bits per heavy atom. The molecule has 2 heteroatoms. The van der Waals surface area contributed by atoms with E-state index in [0.717, 1.165) is 18.9 Å². The van der Waals surface area contributed by atoms with E-state index in [1.807, 2.05) is 0 Å². The van der Waals surface area contributed by atoms with Crippen LogP contribution in [0.25, 0.3) is 0 Å². The third-order valence-electron chi connectivity index (χ3n) is 2.71. The van der Waals surface area contributed by atoms with Gasteiger partial charge in [0.05, 0.1) is 6.10 Å². The van der Waals surface area contributed by atoms with Crippen molar-refractivity contribution in [2.45, 2.75) is 12.5 Å². The highest BCUT2D eigenvalue weighted by atomic mass is 16.3. The lowest BCUT2D eigenvalue weighted by Crippen LogP contribution is -2.39. The minimum absolute atomic E-state index is 0.0277. The number of aliphatic hydroxyl groups excluding tert-OH is 1. The first kappa shape index (κ1) is 5.69. The summed E-state index contributed by atoms with van der Waals surface area (Å²) in [5, 5.41) is 9.21. The topological polar surface area (TPSA) is 23.5 Å². The summed E-state index contributed by atoms with van der Waals surface area (Å²) in [4.78, 5) is 2.31. The van der Waals surface area contributed by atoms with Crippen LogP contribution in [-0.4, -0.2) is 36.2 Å².